The number of rotatable bonds is 10. The lowest BCUT2D eigenvalue weighted by atomic mass is 9.79. The highest BCUT2D eigenvalue weighted by Gasteiger charge is 2.25. The number of benzene rings is 1. The van der Waals surface area contributed by atoms with E-state index >= 15 is 0 Å². The highest BCUT2D eigenvalue weighted by Crippen LogP contribution is 2.41. The second-order valence-electron chi connectivity index (χ2n) is 9.84. The van der Waals surface area contributed by atoms with Crippen LogP contribution < -0.4 is 9.47 Å². The van der Waals surface area contributed by atoms with Gasteiger partial charge in [-0.2, -0.15) is 0 Å². The minimum atomic E-state index is 0.635. The predicted molar refractivity (Wildman–Crippen MR) is 123 cm³/mol. The van der Waals surface area contributed by atoms with Crippen molar-refractivity contribution < 1.29 is 9.47 Å². The molecule has 2 saturated carbocycles. The molecule has 2 nitrogen and oxygen atoms in total. The molecule has 0 saturated heterocycles. The lowest BCUT2D eigenvalue weighted by Crippen LogP contribution is -2.21. The predicted octanol–water partition coefficient (Wildman–Crippen LogP) is 8.14. The van der Waals surface area contributed by atoms with E-state index in [1.807, 2.05) is 0 Å². The molecule has 2 aliphatic carbocycles. The molecule has 0 radical (unpaired) electrons. The fraction of sp³-hybridized carbons (Fsp3) is 0.778. The summed E-state index contributed by atoms with van der Waals surface area (Å²) in [6.45, 7) is 8.56. The lowest BCUT2D eigenvalue weighted by molar-refractivity contribution is 0.175. The second kappa shape index (κ2) is 11.9. The zero-order chi connectivity index (χ0) is 20.5. The quantitative estimate of drug-likeness (QED) is 0.394. The molecule has 0 amide bonds. The van der Waals surface area contributed by atoms with Crippen LogP contribution in [-0.2, 0) is 0 Å². The first-order chi connectivity index (χ1) is 14.2. The fourth-order valence-electron chi connectivity index (χ4n) is 5.25. The summed E-state index contributed by atoms with van der Waals surface area (Å²) in [5, 5.41) is 0. The van der Waals surface area contributed by atoms with Crippen molar-refractivity contribution in [2.75, 3.05) is 13.2 Å². The topological polar surface area (TPSA) is 18.5 Å². The normalized spacial score (nSPS) is 27.6. The van der Waals surface area contributed by atoms with E-state index in [0.717, 1.165) is 48.9 Å². The third kappa shape index (κ3) is 6.93. The minimum absolute atomic E-state index is 0.635. The molecule has 1 aromatic rings. The first kappa shape index (κ1) is 22.5. The van der Waals surface area contributed by atoms with E-state index in [9.17, 15) is 0 Å². The Hall–Kier alpha value is -1.18. The summed E-state index contributed by atoms with van der Waals surface area (Å²) < 4.78 is 12.4. The average Bonchev–Trinajstić information content (AvgIpc) is 2.76. The molecule has 0 atom stereocenters. The number of unbranched alkanes of at least 4 members (excludes halogenated alkanes) is 1. The molecule has 0 bridgehead atoms. The molecule has 0 N–H and O–H groups in total. The summed E-state index contributed by atoms with van der Waals surface area (Å²) in [4.78, 5) is 0. The molecule has 0 aromatic heterocycles. The smallest absolute Gasteiger partial charge is 0.123 e. The molecule has 0 aliphatic heterocycles. The van der Waals surface area contributed by atoms with Crippen LogP contribution in [0.1, 0.15) is 109 Å². The van der Waals surface area contributed by atoms with Gasteiger partial charge >= 0.3 is 0 Å². The van der Waals surface area contributed by atoms with Gasteiger partial charge in [0.05, 0.1) is 13.2 Å². The second-order valence-corrected chi connectivity index (χ2v) is 9.84. The Morgan fingerprint density at radius 1 is 0.828 bits per heavy atom. The van der Waals surface area contributed by atoms with Gasteiger partial charge in [0.1, 0.15) is 11.5 Å². The summed E-state index contributed by atoms with van der Waals surface area (Å²) in [5.41, 5.74) is 1.40. The Labute approximate surface area is 179 Å². The van der Waals surface area contributed by atoms with E-state index in [4.69, 9.17) is 9.47 Å². The van der Waals surface area contributed by atoms with E-state index in [-0.39, 0.29) is 0 Å². The summed E-state index contributed by atoms with van der Waals surface area (Å²) >= 11 is 0. The van der Waals surface area contributed by atoms with E-state index in [1.54, 1.807) is 0 Å². The SMILES string of the molecule is CCCCC1CCC(COc2ccc(OCCC)cc2C2CCC(C)CC2)CC1. The zero-order valence-electron chi connectivity index (χ0n) is 19.3. The molecule has 0 heterocycles. The van der Waals surface area contributed by atoms with Crippen molar-refractivity contribution in [1.29, 1.82) is 0 Å². The van der Waals surface area contributed by atoms with Gasteiger partial charge in [-0.1, -0.05) is 65.7 Å². The Kier molecular flexibility index (Phi) is 9.21. The van der Waals surface area contributed by atoms with Crippen molar-refractivity contribution in [1.82, 2.24) is 0 Å². The minimum Gasteiger partial charge on any atom is -0.494 e. The van der Waals surface area contributed by atoms with Crippen LogP contribution in [0.3, 0.4) is 0 Å². The van der Waals surface area contributed by atoms with Crippen LogP contribution in [0.4, 0.5) is 0 Å². The van der Waals surface area contributed by atoms with Gasteiger partial charge in [0, 0.05) is 5.56 Å². The maximum Gasteiger partial charge on any atom is 0.123 e. The Morgan fingerprint density at radius 2 is 1.55 bits per heavy atom. The largest absolute Gasteiger partial charge is 0.494 e. The molecular formula is C27H44O2. The highest BCUT2D eigenvalue weighted by molar-refractivity contribution is 5.42. The summed E-state index contributed by atoms with van der Waals surface area (Å²) in [5.74, 6) is 5.36. The van der Waals surface area contributed by atoms with Gasteiger partial charge in [0.2, 0.25) is 0 Å². The van der Waals surface area contributed by atoms with E-state index in [0.29, 0.717) is 5.92 Å². The molecule has 164 valence electrons. The molecular weight excluding hydrogens is 356 g/mol. The van der Waals surface area contributed by atoms with Crippen LogP contribution in [0.2, 0.25) is 0 Å². The fourth-order valence-corrected chi connectivity index (χ4v) is 5.25. The first-order valence-corrected chi connectivity index (χ1v) is 12.6. The van der Waals surface area contributed by atoms with Gasteiger partial charge in [-0.15, -0.1) is 0 Å². The van der Waals surface area contributed by atoms with Crippen LogP contribution in [0, 0.1) is 17.8 Å². The van der Waals surface area contributed by atoms with Gasteiger partial charge in [0.25, 0.3) is 0 Å². The van der Waals surface area contributed by atoms with Gasteiger partial charge in [-0.05, 0) is 74.0 Å². The molecule has 2 heteroatoms. The third-order valence-corrected chi connectivity index (χ3v) is 7.32. The average molecular weight is 401 g/mol. The first-order valence-electron chi connectivity index (χ1n) is 12.6. The summed E-state index contributed by atoms with van der Waals surface area (Å²) in [7, 11) is 0. The van der Waals surface area contributed by atoms with Crippen molar-refractivity contribution >= 4 is 0 Å². The molecule has 29 heavy (non-hydrogen) atoms. The van der Waals surface area contributed by atoms with Crippen LogP contribution in [0.5, 0.6) is 11.5 Å². The standard InChI is InChI=1S/C27H44O2/c1-4-6-7-22-10-12-23(13-11-22)20-29-27-17-16-25(28-18-5-2)19-26(27)24-14-8-21(3)9-15-24/h16-17,19,21-24H,4-15,18,20H2,1-3H3. The van der Waals surface area contributed by atoms with Gasteiger partial charge in [-0.25, -0.2) is 0 Å². The number of hydrogen-bond donors (Lipinski definition) is 0. The lowest BCUT2D eigenvalue weighted by Gasteiger charge is -2.30. The van der Waals surface area contributed by atoms with E-state index < -0.39 is 0 Å². The van der Waals surface area contributed by atoms with Crippen molar-refractivity contribution in [3.63, 3.8) is 0 Å². The molecule has 0 unspecified atom stereocenters. The maximum atomic E-state index is 6.48. The molecule has 0 spiro atoms. The monoisotopic (exact) mass is 400 g/mol. The van der Waals surface area contributed by atoms with Gasteiger partial charge in [0.15, 0.2) is 0 Å². The number of ether oxygens (including phenoxy) is 2. The van der Waals surface area contributed by atoms with Crippen LogP contribution >= 0.6 is 0 Å². The van der Waals surface area contributed by atoms with E-state index in [2.05, 4.69) is 39.0 Å². The van der Waals surface area contributed by atoms with Crippen LogP contribution in [0.25, 0.3) is 0 Å². The maximum absolute atomic E-state index is 6.48. The Balaban J connectivity index is 1.59. The van der Waals surface area contributed by atoms with Crippen LogP contribution in [0.15, 0.2) is 18.2 Å². The summed E-state index contributed by atoms with van der Waals surface area (Å²) in [6.07, 6.45) is 16.0. The van der Waals surface area contributed by atoms with Gasteiger partial charge in [-0.3, -0.25) is 0 Å². The molecule has 2 aliphatic rings. The third-order valence-electron chi connectivity index (χ3n) is 7.32. The van der Waals surface area contributed by atoms with Gasteiger partial charge < -0.3 is 9.47 Å². The van der Waals surface area contributed by atoms with Crippen molar-refractivity contribution in [3.05, 3.63) is 23.8 Å². The van der Waals surface area contributed by atoms with E-state index in [1.165, 1.54) is 76.2 Å². The Morgan fingerprint density at radius 3 is 2.24 bits per heavy atom. The molecule has 3 rings (SSSR count). The van der Waals surface area contributed by atoms with Crippen molar-refractivity contribution in [2.24, 2.45) is 17.8 Å². The Bertz CT molecular complexity index is 580. The summed E-state index contributed by atoms with van der Waals surface area (Å²) in [6, 6.07) is 6.58. The van der Waals surface area contributed by atoms with Crippen molar-refractivity contribution in [3.8, 4) is 11.5 Å². The highest BCUT2D eigenvalue weighted by atomic mass is 16.5. The number of hydrogen-bond acceptors (Lipinski definition) is 2. The van der Waals surface area contributed by atoms with Crippen LogP contribution in [-0.4, -0.2) is 13.2 Å². The molecule has 1 aromatic carbocycles. The molecule has 2 fully saturated rings. The van der Waals surface area contributed by atoms with Crippen molar-refractivity contribution in [2.45, 2.75) is 104 Å². The zero-order valence-corrected chi connectivity index (χ0v) is 19.3.